The Bertz CT molecular complexity index is 425. The number of aliphatic hydroxyl groups is 2. The first-order valence-electron chi connectivity index (χ1n) is 4.75. The van der Waals surface area contributed by atoms with Crippen molar-refractivity contribution in [1.82, 2.24) is 10.3 Å². The molecule has 1 heterocycles. The monoisotopic (exact) mass is 226 g/mol. The van der Waals surface area contributed by atoms with Crippen LogP contribution in [-0.2, 0) is 0 Å². The van der Waals surface area contributed by atoms with E-state index in [1.807, 2.05) is 0 Å². The van der Waals surface area contributed by atoms with Crippen LogP contribution in [-0.4, -0.2) is 39.9 Å². The Hall–Kier alpha value is -1.66. The van der Waals surface area contributed by atoms with Crippen molar-refractivity contribution in [2.24, 2.45) is 0 Å². The third kappa shape index (κ3) is 3.18. The molecule has 1 aromatic heterocycles. The molecular formula is C10H14N2O4. The van der Waals surface area contributed by atoms with E-state index in [9.17, 15) is 14.7 Å². The number of hydrogen-bond donors (Lipinski definition) is 4. The first kappa shape index (κ1) is 12.4. The van der Waals surface area contributed by atoms with Crippen molar-refractivity contribution >= 4 is 5.91 Å². The van der Waals surface area contributed by atoms with E-state index in [0.29, 0.717) is 0 Å². The van der Waals surface area contributed by atoms with E-state index in [0.717, 1.165) is 0 Å². The SMILES string of the molecule is CC(O)(CO)CNC(=O)c1c[nH]ccc1=O. The van der Waals surface area contributed by atoms with Crippen LogP contribution in [0.3, 0.4) is 0 Å². The highest BCUT2D eigenvalue weighted by atomic mass is 16.3. The summed E-state index contributed by atoms with van der Waals surface area (Å²) in [6.45, 7) is 0.775. The second-order valence-corrected chi connectivity index (χ2v) is 3.76. The predicted octanol–water partition coefficient (Wildman–Crippen LogP) is -1.15. The van der Waals surface area contributed by atoms with Gasteiger partial charge in [0.2, 0.25) is 0 Å². The summed E-state index contributed by atoms with van der Waals surface area (Å²) >= 11 is 0. The standard InChI is InChI=1S/C10H14N2O4/c1-10(16,6-13)5-12-9(15)7-4-11-3-2-8(7)14/h2-4,13,16H,5-6H2,1H3,(H,11,14)(H,12,15). The van der Waals surface area contributed by atoms with Crippen LogP contribution >= 0.6 is 0 Å². The third-order valence-corrected chi connectivity index (χ3v) is 2.04. The van der Waals surface area contributed by atoms with Crippen molar-refractivity contribution in [1.29, 1.82) is 0 Å². The van der Waals surface area contributed by atoms with Crippen LogP contribution in [0, 0.1) is 0 Å². The molecule has 0 bridgehead atoms. The first-order valence-corrected chi connectivity index (χ1v) is 4.75. The Morgan fingerprint density at radius 1 is 1.62 bits per heavy atom. The van der Waals surface area contributed by atoms with E-state index in [1.165, 1.54) is 25.4 Å². The van der Waals surface area contributed by atoms with Gasteiger partial charge in [0, 0.05) is 25.0 Å². The molecule has 0 saturated heterocycles. The van der Waals surface area contributed by atoms with E-state index < -0.39 is 23.5 Å². The highest BCUT2D eigenvalue weighted by molar-refractivity contribution is 5.93. The van der Waals surface area contributed by atoms with Crippen LogP contribution in [0.5, 0.6) is 0 Å². The van der Waals surface area contributed by atoms with Gasteiger partial charge in [-0.05, 0) is 6.92 Å². The minimum Gasteiger partial charge on any atom is -0.393 e. The molecule has 0 fully saturated rings. The van der Waals surface area contributed by atoms with Crippen molar-refractivity contribution in [2.75, 3.05) is 13.2 Å². The topological polar surface area (TPSA) is 102 Å². The molecule has 0 aromatic carbocycles. The number of aromatic nitrogens is 1. The summed E-state index contributed by atoms with van der Waals surface area (Å²) in [6.07, 6.45) is 2.70. The van der Waals surface area contributed by atoms with Gasteiger partial charge in [0.1, 0.15) is 11.2 Å². The Morgan fingerprint density at radius 3 is 2.88 bits per heavy atom. The van der Waals surface area contributed by atoms with E-state index in [4.69, 9.17) is 5.11 Å². The number of nitrogens with one attached hydrogen (secondary N) is 2. The molecule has 16 heavy (non-hydrogen) atoms. The quantitative estimate of drug-likeness (QED) is 0.520. The fourth-order valence-electron chi connectivity index (χ4n) is 1.02. The summed E-state index contributed by atoms with van der Waals surface area (Å²) in [5.74, 6) is -0.587. The number of aliphatic hydroxyl groups excluding tert-OH is 1. The molecule has 0 saturated carbocycles. The molecule has 1 rings (SSSR count). The first-order chi connectivity index (χ1) is 7.46. The van der Waals surface area contributed by atoms with Crippen LogP contribution in [0.4, 0.5) is 0 Å². The average molecular weight is 226 g/mol. The molecule has 1 atom stereocenters. The Morgan fingerprint density at radius 2 is 2.31 bits per heavy atom. The van der Waals surface area contributed by atoms with Gasteiger partial charge in [0.25, 0.3) is 5.91 Å². The smallest absolute Gasteiger partial charge is 0.256 e. The predicted molar refractivity (Wildman–Crippen MR) is 57.1 cm³/mol. The van der Waals surface area contributed by atoms with Crippen molar-refractivity contribution in [2.45, 2.75) is 12.5 Å². The summed E-state index contributed by atoms with van der Waals surface area (Å²) in [5.41, 5.74) is -1.83. The summed E-state index contributed by atoms with van der Waals surface area (Å²) in [4.78, 5) is 25.4. The molecule has 0 aliphatic rings. The van der Waals surface area contributed by atoms with Crippen molar-refractivity contribution in [3.63, 3.8) is 0 Å². The normalized spacial score (nSPS) is 14.2. The molecule has 1 amide bonds. The van der Waals surface area contributed by atoms with E-state index in [-0.39, 0.29) is 12.1 Å². The highest BCUT2D eigenvalue weighted by Crippen LogP contribution is 1.99. The van der Waals surface area contributed by atoms with E-state index in [2.05, 4.69) is 10.3 Å². The van der Waals surface area contributed by atoms with Gasteiger partial charge in [-0.15, -0.1) is 0 Å². The zero-order chi connectivity index (χ0) is 12.2. The lowest BCUT2D eigenvalue weighted by Gasteiger charge is -2.20. The van der Waals surface area contributed by atoms with Gasteiger partial charge < -0.3 is 20.5 Å². The van der Waals surface area contributed by atoms with Crippen molar-refractivity contribution in [3.8, 4) is 0 Å². The second-order valence-electron chi connectivity index (χ2n) is 3.76. The van der Waals surface area contributed by atoms with Gasteiger partial charge in [-0.2, -0.15) is 0 Å². The lowest BCUT2D eigenvalue weighted by atomic mass is 10.1. The van der Waals surface area contributed by atoms with Gasteiger partial charge in [-0.25, -0.2) is 0 Å². The lowest BCUT2D eigenvalue weighted by Crippen LogP contribution is -2.44. The summed E-state index contributed by atoms with van der Waals surface area (Å²) in [6, 6.07) is 1.24. The lowest BCUT2D eigenvalue weighted by molar-refractivity contribution is 0.00319. The molecule has 0 spiro atoms. The van der Waals surface area contributed by atoms with Gasteiger partial charge in [-0.1, -0.05) is 0 Å². The zero-order valence-electron chi connectivity index (χ0n) is 8.86. The van der Waals surface area contributed by atoms with Crippen LogP contribution in [0.25, 0.3) is 0 Å². The number of hydrogen-bond acceptors (Lipinski definition) is 4. The maximum Gasteiger partial charge on any atom is 0.256 e. The molecule has 0 aliphatic carbocycles. The minimum absolute atomic E-state index is 0.0313. The van der Waals surface area contributed by atoms with Gasteiger partial charge in [0.15, 0.2) is 5.43 Å². The molecule has 0 radical (unpaired) electrons. The Kier molecular flexibility index (Phi) is 3.81. The second kappa shape index (κ2) is 4.91. The van der Waals surface area contributed by atoms with Crippen LogP contribution in [0.1, 0.15) is 17.3 Å². The minimum atomic E-state index is -1.39. The number of H-pyrrole nitrogens is 1. The maximum absolute atomic E-state index is 11.5. The van der Waals surface area contributed by atoms with Crippen LogP contribution in [0.15, 0.2) is 23.3 Å². The van der Waals surface area contributed by atoms with Gasteiger partial charge in [-0.3, -0.25) is 9.59 Å². The molecule has 4 N–H and O–H groups in total. The largest absolute Gasteiger partial charge is 0.393 e. The summed E-state index contributed by atoms with van der Waals surface area (Å²) < 4.78 is 0. The Balaban J connectivity index is 2.68. The third-order valence-electron chi connectivity index (χ3n) is 2.04. The molecule has 6 heteroatoms. The number of pyridine rings is 1. The summed E-state index contributed by atoms with van der Waals surface area (Å²) in [7, 11) is 0. The molecule has 88 valence electrons. The number of aromatic amines is 1. The molecular weight excluding hydrogens is 212 g/mol. The fraction of sp³-hybridized carbons (Fsp3) is 0.400. The Labute approximate surface area is 91.9 Å². The van der Waals surface area contributed by atoms with Crippen LogP contribution < -0.4 is 10.7 Å². The van der Waals surface area contributed by atoms with Crippen LogP contribution in [0.2, 0.25) is 0 Å². The average Bonchev–Trinajstić information content (AvgIpc) is 2.27. The maximum atomic E-state index is 11.5. The summed E-state index contributed by atoms with van der Waals surface area (Å²) in [5, 5.41) is 20.6. The fourth-order valence-corrected chi connectivity index (χ4v) is 1.02. The highest BCUT2D eigenvalue weighted by Gasteiger charge is 2.20. The molecule has 6 nitrogen and oxygen atoms in total. The molecule has 1 aromatic rings. The number of amides is 1. The van der Waals surface area contributed by atoms with E-state index in [1.54, 1.807) is 0 Å². The van der Waals surface area contributed by atoms with E-state index >= 15 is 0 Å². The van der Waals surface area contributed by atoms with Crippen molar-refractivity contribution < 1.29 is 15.0 Å². The van der Waals surface area contributed by atoms with Gasteiger partial charge >= 0.3 is 0 Å². The molecule has 0 aliphatic heterocycles. The number of carbonyl (C=O) groups is 1. The zero-order valence-corrected chi connectivity index (χ0v) is 8.86. The van der Waals surface area contributed by atoms with Crippen molar-refractivity contribution in [3.05, 3.63) is 34.2 Å². The number of rotatable bonds is 4. The number of carbonyl (C=O) groups excluding carboxylic acids is 1. The van der Waals surface area contributed by atoms with Gasteiger partial charge in [0.05, 0.1) is 6.61 Å². The molecule has 1 unspecified atom stereocenters.